The summed E-state index contributed by atoms with van der Waals surface area (Å²) in [5.41, 5.74) is 6.30. The Hall–Kier alpha value is -1.79. The van der Waals surface area contributed by atoms with Crippen LogP contribution in [-0.2, 0) is 6.54 Å². The summed E-state index contributed by atoms with van der Waals surface area (Å²) in [5, 5.41) is 2.44. The van der Waals surface area contributed by atoms with Crippen LogP contribution in [0.1, 0.15) is 21.1 Å². The first kappa shape index (κ1) is 11.7. The fraction of sp³-hybridized carbons (Fsp3) is 0.182. The number of carbonyl (C=O) groups excluding carboxylic acids is 1. The molecule has 0 aliphatic rings. The topological polar surface area (TPSA) is 78.1 Å². The molecule has 0 saturated heterocycles. The van der Waals surface area contributed by atoms with Gasteiger partial charge < -0.3 is 10.5 Å². The van der Waals surface area contributed by atoms with Crippen LogP contribution in [0.15, 0.2) is 23.8 Å². The maximum absolute atomic E-state index is 12.1. The smallest absolute Gasteiger partial charge is 0.213 e. The van der Waals surface area contributed by atoms with Gasteiger partial charge in [-0.25, -0.2) is 4.98 Å². The standard InChI is InChI=1S/C11H11N3O2S/c1-16-8-2-7(4-13-5-8)11(15)9-6-17-10(3-12)14-9/h2,4-6H,3,12H2,1H3. The second kappa shape index (κ2) is 5.03. The van der Waals surface area contributed by atoms with Crippen LogP contribution < -0.4 is 10.5 Å². The number of carbonyl (C=O) groups is 1. The number of nitrogens with zero attached hydrogens (tertiary/aromatic N) is 2. The van der Waals surface area contributed by atoms with Gasteiger partial charge in [0, 0.05) is 23.7 Å². The summed E-state index contributed by atoms with van der Waals surface area (Å²) in [7, 11) is 1.53. The Bertz CT molecular complexity index is 539. The van der Waals surface area contributed by atoms with E-state index in [-0.39, 0.29) is 5.78 Å². The van der Waals surface area contributed by atoms with Gasteiger partial charge in [-0.1, -0.05) is 0 Å². The average Bonchev–Trinajstić information content (AvgIpc) is 2.86. The van der Waals surface area contributed by atoms with Crippen molar-refractivity contribution in [1.29, 1.82) is 0 Å². The van der Waals surface area contributed by atoms with Gasteiger partial charge in [-0.2, -0.15) is 0 Å². The zero-order valence-corrected chi connectivity index (χ0v) is 10.0. The summed E-state index contributed by atoms with van der Waals surface area (Å²) in [6.07, 6.45) is 3.04. The van der Waals surface area contributed by atoms with Crippen molar-refractivity contribution in [3.8, 4) is 5.75 Å². The normalized spacial score (nSPS) is 10.2. The van der Waals surface area contributed by atoms with E-state index in [2.05, 4.69) is 9.97 Å². The monoisotopic (exact) mass is 249 g/mol. The van der Waals surface area contributed by atoms with E-state index in [1.54, 1.807) is 17.6 Å². The fourth-order valence-corrected chi connectivity index (χ4v) is 1.97. The van der Waals surface area contributed by atoms with Crippen LogP contribution in [0, 0.1) is 0 Å². The largest absolute Gasteiger partial charge is 0.495 e. The molecule has 5 nitrogen and oxygen atoms in total. The molecule has 0 atom stereocenters. The first-order valence-corrected chi connectivity index (χ1v) is 5.80. The number of nitrogens with two attached hydrogens (primary N) is 1. The second-order valence-corrected chi connectivity index (χ2v) is 4.22. The highest BCUT2D eigenvalue weighted by molar-refractivity contribution is 7.09. The minimum atomic E-state index is -0.174. The summed E-state index contributed by atoms with van der Waals surface area (Å²) in [6.45, 7) is 0.342. The van der Waals surface area contributed by atoms with Gasteiger partial charge >= 0.3 is 0 Å². The molecule has 0 saturated carbocycles. The Morgan fingerprint density at radius 2 is 2.35 bits per heavy atom. The summed E-state index contributed by atoms with van der Waals surface area (Å²) in [4.78, 5) is 20.1. The lowest BCUT2D eigenvalue weighted by molar-refractivity contribution is 0.103. The molecule has 2 aromatic heterocycles. The van der Waals surface area contributed by atoms with E-state index < -0.39 is 0 Å². The quantitative estimate of drug-likeness (QED) is 0.825. The zero-order chi connectivity index (χ0) is 12.3. The van der Waals surface area contributed by atoms with Gasteiger partial charge in [0.25, 0.3) is 0 Å². The lowest BCUT2D eigenvalue weighted by atomic mass is 10.1. The molecule has 2 aromatic rings. The van der Waals surface area contributed by atoms with Crippen LogP contribution in [0.2, 0.25) is 0 Å². The Balaban J connectivity index is 2.29. The minimum Gasteiger partial charge on any atom is -0.495 e. The summed E-state index contributed by atoms with van der Waals surface area (Å²) in [5.74, 6) is 0.373. The Kier molecular flexibility index (Phi) is 3.46. The highest BCUT2D eigenvalue weighted by atomic mass is 32.1. The molecule has 0 fully saturated rings. The van der Waals surface area contributed by atoms with E-state index in [1.807, 2.05) is 0 Å². The number of rotatable bonds is 4. The van der Waals surface area contributed by atoms with Crippen molar-refractivity contribution in [2.45, 2.75) is 6.54 Å². The van der Waals surface area contributed by atoms with Crippen LogP contribution in [0.4, 0.5) is 0 Å². The third kappa shape index (κ3) is 2.48. The average molecular weight is 249 g/mol. The molecule has 0 aromatic carbocycles. The van der Waals surface area contributed by atoms with E-state index in [0.717, 1.165) is 5.01 Å². The predicted molar refractivity (Wildman–Crippen MR) is 64.2 cm³/mol. The molecule has 2 heterocycles. The molecule has 0 aliphatic heterocycles. The first-order valence-electron chi connectivity index (χ1n) is 4.93. The maximum Gasteiger partial charge on any atom is 0.213 e. The first-order chi connectivity index (χ1) is 8.24. The third-order valence-electron chi connectivity index (χ3n) is 2.17. The number of hydrogen-bond donors (Lipinski definition) is 1. The molecule has 6 heteroatoms. The van der Waals surface area contributed by atoms with Gasteiger partial charge in [0.05, 0.1) is 13.3 Å². The summed E-state index contributed by atoms with van der Waals surface area (Å²) < 4.78 is 5.01. The molecular weight excluding hydrogens is 238 g/mol. The van der Waals surface area contributed by atoms with Crippen LogP contribution in [-0.4, -0.2) is 22.9 Å². The van der Waals surface area contributed by atoms with E-state index >= 15 is 0 Å². The van der Waals surface area contributed by atoms with E-state index in [1.165, 1.54) is 24.6 Å². The molecule has 0 aliphatic carbocycles. The lowest BCUT2D eigenvalue weighted by Crippen LogP contribution is -2.04. The highest BCUT2D eigenvalue weighted by Gasteiger charge is 2.13. The number of ether oxygens (including phenoxy) is 1. The molecular formula is C11H11N3O2S. The Morgan fingerprint density at radius 1 is 1.53 bits per heavy atom. The van der Waals surface area contributed by atoms with Crippen molar-refractivity contribution in [2.24, 2.45) is 5.73 Å². The SMILES string of the molecule is COc1cncc(C(=O)c2csc(CN)n2)c1. The predicted octanol–water partition coefficient (Wildman–Crippen LogP) is 1.24. The molecule has 0 bridgehead atoms. The summed E-state index contributed by atoms with van der Waals surface area (Å²) >= 11 is 1.37. The number of thiazole rings is 1. The fourth-order valence-electron chi connectivity index (χ4n) is 1.31. The second-order valence-electron chi connectivity index (χ2n) is 3.27. The molecule has 0 radical (unpaired) electrons. The van der Waals surface area contributed by atoms with Crippen LogP contribution in [0.3, 0.4) is 0 Å². The molecule has 88 valence electrons. The van der Waals surface area contributed by atoms with Gasteiger partial charge in [0.15, 0.2) is 0 Å². The number of methoxy groups -OCH3 is 1. The van der Waals surface area contributed by atoms with Crippen molar-refractivity contribution in [1.82, 2.24) is 9.97 Å². The molecule has 0 unspecified atom stereocenters. The zero-order valence-electron chi connectivity index (χ0n) is 9.21. The van der Waals surface area contributed by atoms with Crippen molar-refractivity contribution in [3.05, 3.63) is 40.1 Å². The summed E-state index contributed by atoms with van der Waals surface area (Å²) in [6, 6.07) is 1.64. The van der Waals surface area contributed by atoms with Gasteiger partial charge in [-0.05, 0) is 6.07 Å². The van der Waals surface area contributed by atoms with Gasteiger partial charge in [-0.3, -0.25) is 9.78 Å². The number of pyridine rings is 1. The highest BCUT2D eigenvalue weighted by Crippen LogP contribution is 2.16. The van der Waals surface area contributed by atoms with Gasteiger partial charge in [0.1, 0.15) is 16.5 Å². The lowest BCUT2D eigenvalue weighted by Gasteiger charge is -2.01. The molecule has 17 heavy (non-hydrogen) atoms. The number of ketones is 1. The van der Waals surface area contributed by atoms with E-state index in [0.29, 0.717) is 23.6 Å². The van der Waals surface area contributed by atoms with Crippen LogP contribution in [0.5, 0.6) is 5.75 Å². The van der Waals surface area contributed by atoms with Crippen LogP contribution in [0.25, 0.3) is 0 Å². The third-order valence-corrected chi connectivity index (χ3v) is 3.04. The number of hydrogen-bond acceptors (Lipinski definition) is 6. The van der Waals surface area contributed by atoms with Crippen molar-refractivity contribution < 1.29 is 9.53 Å². The number of aromatic nitrogens is 2. The van der Waals surface area contributed by atoms with E-state index in [9.17, 15) is 4.79 Å². The van der Waals surface area contributed by atoms with Crippen molar-refractivity contribution >= 4 is 17.1 Å². The molecule has 0 spiro atoms. The Morgan fingerprint density at radius 3 is 3.00 bits per heavy atom. The van der Waals surface area contributed by atoms with Crippen molar-refractivity contribution in [3.63, 3.8) is 0 Å². The molecule has 0 amide bonds. The van der Waals surface area contributed by atoms with Gasteiger partial charge in [-0.15, -0.1) is 11.3 Å². The molecule has 2 rings (SSSR count). The minimum absolute atomic E-state index is 0.174. The van der Waals surface area contributed by atoms with Gasteiger partial charge in [0.2, 0.25) is 5.78 Å². The van der Waals surface area contributed by atoms with Crippen LogP contribution >= 0.6 is 11.3 Å². The Labute approximate surface area is 102 Å². The maximum atomic E-state index is 12.1. The van der Waals surface area contributed by atoms with E-state index in [4.69, 9.17) is 10.5 Å². The molecule has 2 N–H and O–H groups in total. The van der Waals surface area contributed by atoms with Crippen molar-refractivity contribution in [2.75, 3.05) is 7.11 Å².